The van der Waals surface area contributed by atoms with Crippen LogP contribution in [0.3, 0.4) is 0 Å². The zero-order chi connectivity index (χ0) is 12.0. The van der Waals surface area contributed by atoms with Crippen molar-refractivity contribution in [2.75, 3.05) is 13.1 Å². The molecule has 1 aromatic rings. The highest BCUT2D eigenvalue weighted by atomic mass is 79.9. The Kier molecular flexibility index (Phi) is 5.80. The van der Waals surface area contributed by atoms with E-state index in [1.54, 1.807) is 0 Å². The van der Waals surface area contributed by atoms with Gasteiger partial charge in [-0.3, -0.25) is 4.79 Å². The number of amides is 1. The second-order valence-electron chi connectivity index (χ2n) is 3.29. The van der Waals surface area contributed by atoms with E-state index in [-0.39, 0.29) is 5.91 Å². The first-order valence-electron chi connectivity index (χ1n) is 5.04. The fourth-order valence-electron chi connectivity index (χ4n) is 1.24. The van der Waals surface area contributed by atoms with E-state index in [0.717, 1.165) is 10.0 Å². The number of rotatable bonds is 5. The predicted molar refractivity (Wildman–Crippen MR) is 69.5 cm³/mol. The maximum absolute atomic E-state index is 11.2. The molecule has 0 unspecified atom stereocenters. The molecule has 0 fully saturated rings. The molecule has 0 heterocycles. The third-order valence-electron chi connectivity index (χ3n) is 1.99. The molecule has 0 aromatic heterocycles. The zero-order valence-electron chi connectivity index (χ0n) is 9.02. The summed E-state index contributed by atoms with van der Waals surface area (Å²) in [6.07, 6.45) is 0. The van der Waals surface area contributed by atoms with E-state index in [1.165, 1.54) is 0 Å². The average molecular weight is 306 g/mol. The first-order chi connectivity index (χ1) is 7.63. The van der Waals surface area contributed by atoms with Crippen molar-refractivity contribution in [3.63, 3.8) is 0 Å². The van der Waals surface area contributed by atoms with Crippen molar-refractivity contribution >= 4 is 33.4 Å². The van der Waals surface area contributed by atoms with Gasteiger partial charge in [-0.05, 0) is 24.6 Å². The molecule has 0 aliphatic carbocycles. The van der Waals surface area contributed by atoms with Crippen molar-refractivity contribution < 1.29 is 4.79 Å². The van der Waals surface area contributed by atoms with Gasteiger partial charge in [0.2, 0.25) is 5.91 Å². The fraction of sp³-hybridized carbons (Fsp3) is 0.364. The van der Waals surface area contributed by atoms with E-state index < -0.39 is 0 Å². The Bertz CT molecular complexity index is 371. The topological polar surface area (TPSA) is 41.1 Å². The maximum Gasteiger partial charge on any atom is 0.233 e. The average Bonchev–Trinajstić information content (AvgIpc) is 2.22. The van der Waals surface area contributed by atoms with Gasteiger partial charge in [0.1, 0.15) is 0 Å². The van der Waals surface area contributed by atoms with Gasteiger partial charge in [0.05, 0.1) is 6.54 Å². The SMILES string of the molecule is CCNC(=O)CNCc1ccc(Cl)cc1Br. The van der Waals surface area contributed by atoms with Gasteiger partial charge in [-0.15, -0.1) is 0 Å². The summed E-state index contributed by atoms with van der Waals surface area (Å²) < 4.78 is 0.948. The van der Waals surface area contributed by atoms with E-state index >= 15 is 0 Å². The first-order valence-corrected chi connectivity index (χ1v) is 6.22. The minimum Gasteiger partial charge on any atom is -0.355 e. The van der Waals surface area contributed by atoms with Crippen LogP contribution < -0.4 is 10.6 Å². The Balaban J connectivity index is 2.40. The van der Waals surface area contributed by atoms with E-state index in [0.29, 0.717) is 24.7 Å². The van der Waals surface area contributed by atoms with Crippen molar-refractivity contribution in [2.24, 2.45) is 0 Å². The van der Waals surface area contributed by atoms with Gasteiger partial charge in [0, 0.05) is 22.6 Å². The summed E-state index contributed by atoms with van der Waals surface area (Å²) in [7, 11) is 0. The molecule has 16 heavy (non-hydrogen) atoms. The molecule has 0 saturated carbocycles. The molecule has 1 aromatic carbocycles. The van der Waals surface area contributed by atoms with Gasteiger partial charge in [-0.2, -0.15) is 0 Å². The molecule has 88 valence electrons. The Labute approximate surface area is 109 Å². The second-order valence-corrected chi connectivity index (χ2v) is 4.58. The third-order valence-corrected chi connectivity index (χ3v) is 2.96. The molecule has 0 spiro atoms. The molecular weight excluding hydrogens is 291 g/mol. The van der Waals surface area contributed by atoms with Crippen LogP contribution in [0.2, 0.25) is 5.02 Å². The molecule has 2 N–H and O–H groups in total. The van der Waals surface area contributed by atoms with E-state index in [2.05, 4.69) is 26.6 Å². The Hall–Kier alpha value is -0.580. The molecule has 0 saturated heterocycles. The standard InChI is InChI=1S/C11H14BrClN2O/c1-2-15-11(16)7-14-6-8-3-4-9(13)5-10(8)12/h3-5,14H,2,6-7H2,1H3,(H,15,16). The summed E-state index contributed by atoms with van der Waals surface area (Å²) in [4.78, 5) is 11.2. The molecule has 1 amide bonds. The summed E-state index contributed by atoms with van der Waals surface area (Å²) in [6, 6.07) is 5.59. The Morgan fingerprint density at radius 3 is 2.88 bits per heavy atom. The summed E-state index contributed by atoms with van der Waals surface area (Å²) in [6.45, 7) is 3.51. The molecule has 0 atom stereocenters. The van der Waals surface area contributed by atoms with Gasteiger partial charge in [-0.1, -0.05) is 33.6 Å². The minimum atomic E-state index is 0.00702. The van der Waals surface area contributed by atoms with Crippen LogP contribution in [-0.2, 0) is 11.3 Å². The Morgan fingerprint density at radius 2 is 2.25 bits per heavy atom. The lowest BCUT2D eigenvalue weighted by molar-refractivity contribution is -0.120. The van der Waals surface area contributed by atoms with Crippen molar-refractivity contribution in [3.8, 4) is 0 Å². The van der Waals surface area contributed by atoms with Crippen molar-refractivity contribution in [1.29, 1.82) is 0 Å². The summed E-state index contributed by atoms with van der Waals surface area (Å²) in [5.74, 6) is 0.00702. The minimum absolute atomic E-state index is 0.00702. The first kappa shape index (κ1) is 13.5. The zero-order valence-corrected chi connectivity index (χ0v) is 11.4. The van der Waals surface area contributed by atoms with Crippen LogP contribution in [0.25, 0.3) is 0 Å². The molecule has 0 aliphatic heterocycles. The smallest absolute Gasteiger partial charge is 0.233 e. The van der Waals surface area contributed by atoms with Crippen molar-refractivity contribution in [2.45, 2.75) is 13.5 Å². The van der Waals surface area contributed by atoms with Crippen LogP contribution in [0.4, 0.5) is 0 Å². The number of nitrogens with one attached hydrogen (secondary N) is 2. The lowest BCUT2D eigenvalue weighted by Gasteiger charge is -2.07. The van der Waals surface area contributed by atoms with Crippen LogP contribution in [-0.4, -0.2) is 19.0 Å². The number of carbonyl (C=O) groups is 1. The largest absolute Gasteiger partial charge is 0.355 e. The molecular formula is C11H14BrClN2O. The van der Waals surface area contributed by atoms with Crippen LogP contribution in [0.15, 0.2) is 22.7 Å². The summed E-state index contributed by atoms with van der Waals surface area (Å²) in [5, 5.41) is 6.48. The number of carbonyl (C=O) groups excluding carboxylic acids is 1. The summed E-state index contributed by atoms with van der Waals surface area (Å²) in [5.41, 5.74) is 1.08. The van der Waals surface area contributed by atoms with Gasteiger partial charge in [0.25, 0.3) is 0 Å². The number of hydrogen-bond acceptors (Lipinski definition) is 2. The number of benzene rings is 1. The third kappa shape index (κ3) is 4.51. The highest BCUT2D eigenvalue weighted by molar-refractivity contribution is 9.10. The van der Waals surface area contributed by atoms with Gasteiger partial charge < -0.3 is 10.6 Å². The van der Waals surface area contributed by atoms with Gasteiger partial charge >= 0.3 is 0 Å². The molecule has 1 rings (SSSR count). The molecule has 0 aliphatic rings. The number of halogens is 2. The number of hydrogen-bond donors (Lipinski definition) is 2. The molecule has 0 radical (unpaired) electrons. The second kappa shape index (κ2) is 6.89. The number of likely N-dealkylation sites (N-methyl/N-ethyl adjacent to an activating group) is 1. The van der Waals surface area contributed by atoms with Crippen molar-refractivity contribution in [3.05, 3.63) is 33.3 Å². The van der Waals surface area contributed by atoms with Gasteiger partial charge in [0.15, 0.2) is 0 Å². The molecule has 5 heteroatoms. The summed E-state index contributed by atoms with van der Waals surface area (Å²) >= 11 is 9.25. The molecule has 3 nitrogen and oxygen atoms in total. The normalized spacial score (nSPS) is 10.2. The van der Waals surface area contributed by atoms with Crippen LogP contribution in [0, 0.1) is 0 Å². The lowest BCUT2D eigenvalue weighted by Crippen LogP contribution is -2.33. The monoisotopic (exact) mass is 304 g/mol. The van der Waals surface area contributed by atoms with Crippen LogP contribution in [0.1, 0.15) is 12.5 Å². The predicted octanol–water partition coefficient (Wildman–Crippen LogP) is 2.33. The fourth-order valence-corrected chi connectivity index (χ4v) is 2.06. The van der Waals surface area contributed by atoms with Crippen LogP contribution in [0.5, 0.6) is 0 Å². The van der Waals surface area contributed by atoms with E-state index in [1.807, 2.05) is 25.1 Å². The van der Waals surface area contributed by atoms with Gasteiger partial charge in [-0.25, -0.2) is 0 Å². The quantitative estimate of drug-likeness (QED) is 0.876. The van der Waals surface area contributed by atoms with Crippen LogP contribution >= 0.6 is 27.5 Å². The Morgan fingerprint density at radius 1 is 1.50 bits per heavy atom. The lowest BCUT2D eigenvalue weighted by atomic mass is 10.2. The molecule has 0 bridgehead atoms. The van der Waals surface area contributed by atoms with E-state index in [9.17, 15) is 4.79 Å². The highest BCUT2D eigenvalue weighted by Gasteiger charge is 2.02. The van der Waals surface area contributed by atoms with Crippen molar-refractivity contribution in [1.82, 2.24) is 10.6 Å². The highest BCUT2D eigenvalue weighted by Crippen LogP contribution is 2.21. The maximum atomic E-state index is 11.2. The van der Waals surface area contributed by atoms with E-state index in [4.69, 9.17) is 11.6 Å².